The van der Waals surface area contributed by atoms with Crippen LogP contribution in [0.5, 0.6) is 0 Å². The molecular weight excluding hydrogens is 299 g/mol. The van der Waals surface area contributed by atoms with E-state index in [-0.39, 0.29) is 6.61 Å². The Hall–Kier alpha value is -0.590. The lowest BCUT2D eigenvalue weighted by molar-refractivity contribution is -0.176. The van der Waals surface area contributed by atoms with E-state index in [9.17, 15) is 13.2 Å². The second-order valence-electron chi connectivity index (χ2n) is 3.56. The van der Waals surface area contributed by atoms with E-state index in [0.29, 0.717) is 12.1 Å². The van der Waals surface area contributed by atoms with Crippen LogP contribution in [0.4, 0.5) is 13.2 Å². The van der Waals surface area contributed by atoms with E-state index in [1.807, 2.05) is 19.2 Å². The quantitative estimate of drug-likeness (QED) is 0.901. The average molecular weight is 312 g/mol. The Morgan fingerprint density at radius 3 is 2.59 bits per heavy atom. The summed E-state index contributed by atoms with van der Waals surface area (Å²) in [6, 6.07) is 5.48. The van der Waals surface area contributed by atoms with Gasteiger partial charge in [-0.1, -0.05) is 28.1 Å². The summed E-state index contributed by atoms with van der Waals surface area (Å²) < 4.78 is 41.0. The summed E-state index contributed by atoms with van der Waals surface area (Å²) >= 11 is 3.31. The summed E-state index contributed by atoms with van der Waals surface area (Å²) in [6.45, 7) is -0.570. The first-order valence-corrected chi connectivity index (χ1v) is 5.78. The molecule has 2 nitrogen and oxygen atoms in total. The van der Waals surface area contributed by atoms with E-state index < -0.39 is 12.8 Å². The van der Waals surface area contributed by atoms with Gasteiger partial charge in [0.15, 0.2) is 0 Å². The van der Waals surface area contributed by atoms with Crippen molar-refractivity contribution in [2.45, 2.75) is 19.3 Å². The van der Waals surface area contributed by atoms with Crippen LogP contribution in [0.15, 0.2) is 22.7 Å². The molecule has 0 amide bonds. The molecule has 0 saturated carbocycles. The van der Waals surface area contributed by atoms with Gasteiger partial charge in [-0.05, 0) is 24.2 Å². The normalized spacial score (nSPS) is 11.8. The zero-order valence-corrected chi connectivity index (χ0v) is 10.9. The molecule has 0 atom stereocenters. The molecule has 0 spiro atoms. The molecule has 0 saturated heterocycles. The molecular formula is C11H13BrF3NO. The van der Waals surface area contributed by atoms with Crippen molar-refractivity contribution in [1.29, 1.82) is 0 Å². The third kappa shape index (κ3) is 5.52. The third-order valence-electron chi connectivity index (χ3n) is 2.02. The molecule has 1 rings (SSSR count). The first-order chi connectivity index (χ1) is 7.92. The highest BCUT2D eigenvalue weighted by Gasteiger charge is 2.27. The van der Waals surface area contributed by atoms with Crippen LogP contribution in [0.25, 0.3) is 0 Å². The Balaban J connectivity index is 2.54. The second-order valence-corrected chi connectivity index (χ2v) is 4.42. The summed E-state index contributed by atoms with van der Waals surface area (Å²) in [5, 5.41) is 2.99. The van der Waals surface area contributed by atoms with Crippen molar-refractivity contribution >= 4 is 15.9 Å². The zero-order chi connectivity index (χ0) is 12.9. The molecule has 0 aromatic heterocycles. The minimum atomic E-state index is -4.28. The highest BCUT2D eigenvalue weighted by Crippen LogP contribution is 2.21. The van der Waals surface area contributed by atoms with Crippen molar-refractivity contribution < 1.29 is 17.9 Å². The summed E-state index contributed by atoms with van der Waals surface area (Å²) in [7, 11) is 1.83. The van der Waals surface area contributed by atoms with Gasteiger partial charge in [-0.2, -0.15) is 13.2 Å². The molecule has 0 aliphatic heterocycles. The SMILES string of the molecule is CNCc1ccc(COCC(F)(F)F)c(Br)c1. The van der Waals surface area contributed by atoms with Gasteiger partial charge in [-0.25, -0.2) is 0 Å². The third-order valence-corrected chi connectivity index (χ3v) is 2.76. The summed E-state index contributed by atoms with van der Waals surface area (Å²) in [5.74, 6) is 0. The Morgan fingerprint density at radius 2 is 2.06 bits per heavy atom. The van der Waals surface area contributed by atoms with Gasteiger partial charge >= 0.3 is 6.18 Å². The van der Waals surface area contributed by atoms with E-state index >= 15 is 0 Å². The molecule has 1 aromatic carbocycles. The molecule has 96 valence electrons. The molecule has 0 heterocycles. The number of nitrogens with one attached hydrogen (secondary N) is 1. The number of ether oxygens (including phenoxy) is 1. The Kier molecular flexibility index (Phi) is 5.42. The number of benzene rings is 1. The smallest absolute Gasteiger partial charge is 0.367 e. The largest absolute Gasteiger partial charge is 0.411 e. The van der Waals surface area contributed by atoms with Gasteiger partial charge in [0.1, 0.15) is 6.61 Å². The maximum absolute atomic E-state index is 11.9. The fourth-order valence-electron chi connectivity index (χ4n) is 1.30. The van der Waals surface area contributed by atoms with Crippen LogP contribution in [0.2, 0.25) is 0 Å². The lowest BCUT2D eigenvalue weighted by Crippen LogP contribution is -2.16. The number of halogens is 4. The topological polar surface area (TPSA) is 21.3 Å². The van der Waals surface area contributed by atoms with E-state index in [0.717, 1.165) is 10.0 Å². The second kappa shape index (κ2) is 6.37. The molecule has 17 heavy (non-hydrogen) atoms. The average Bonchev–Trinajstić information content (AvgIpc) is 2.20. The fraction of sp³-hybridized carbons (Fsp3) is 0.455. The highest BCUT2D eigenvalue weighted by molar-refractivity contribution is 9.10. The first kappa shape index (κ1) is 14.5. The van der Waals surface area contributed by atoms with Crippen molar-refractivity contribution in [2.24, 2.45) is 0 Å². The fourth-order valence-corrected chi connectivity index (χ4v) is 1.84. The lowest BCUT2D eigenvalue weighted by Gasteiger charge is -2.10. The Morgan fingerprint density at radius 1 is 1.35 bits per heavy atom. The van der Waals surface area contributed by atoms with Gasteiger partial charge in [0.25, 0.3) is 0 Å². The Labute approximate surface area is 106 Å². The monoisotopic (exact) mass is 311 g/mol. The van der Waals surface area contributed by atoms with Crippen LogP contribution in [-0.4, -0.2) is 19.8 Å². The highest BCUT2D eigenvalue weighted by atomic mass is 79.9. The van der Waals surface area contributed by atoms with E-state index in [1.54, 1.807) is 6.07 Å². The van der Waals surface area contributed by atoms with Crippen molar-refractivity contribution in [3.63, 3.8) is 0 Å². The molecule has 0 fully saturated rings. The molecule has 0 unspecified atom stereocenters. The molecule has 6 heteroatoms. The van der Waals surface area contributed by atoms with Crippen molar-refractivity contribution in [3.05, 3.63) is 33.8 Å². The van der Waals surface area contributed by atoms with Gasteiger partial charge in [0.05, 0.1) is 6.61 Å². The van der Waals surface area contributed by atoms with Gasteiger partial charge in [0, 0.05) is 11.0 Å². The van der Waals surface area contributed by atoms with Gasteiger partial charge in [-0.15, -0.1) is 0 Å². The number of hydrogen-bond donors (Lipinski definition) is 1. The molecule has 0 aliphatic carbocycles. The molecule has 0 radical (unpaired) electrons. The van der Waals surface area contributed by atoms with Gasteiger partial charge < -0.3 is 10.1 Å². The van der Waals surface area contributed by atoms with Crippen molar-refractivity contribution in [1.82, 2.24) is 5.32 Å². The molecule has 0 aliphatic rings. The van der Waals surface area contributed by atoms with Crippen molar-refractivity contribution in [2.75, 3.05) is 13.7 Å². The van der Waals surface area contributed by atoms with Crippen LogP contribution in [0.1, 0.15) is 11.1 Å². The van der Waals surface area contributed by atoms with Gasteiger partial charge in [0.2, 0.25) is 0 Å². The maximum Gasteiger partial charge on any atom is 0.411 e. The minimum absolute atomic E-state index is 0.0556. The standard InChI is InChI=1S/C11H13BrF3NO/c1-16-5-8-2-3-9(10(12)4-8)6-17-7-11(13,14)15/h2-4,16H,5-7H2,1H3. The Bertz CT molecular complexity index is 368. The van der Waals surface area contributed by atoms with E-state index in [2.05, 4.69) is 26.0 Å². The van der Waals surface area contributed by atoms with Crippen molar-refractivity contribution in [3.8, 4) is 0 Å². The van der Waals surface area contributed by atoms with Crippen LogP contribution < -0.4 is 5.32 Å². The predicted octanol–water partition coefficient (Wildman–Crippen LogP) is 3.25. The summed E-state index contributed by atoms with van der Waals surface area (Å²) in [4.78, 5) is 0. The minimum Gasteiger partial charge on any atom is -0.367 e. The first-order valence-electron chi connectivity index (χ1n) is 4.99. The molecule has 0 bridgehead atoms. The number of alkyl halides is 3. The maximum atomic E-state index is 11.9. The van der Waals surface area contributed by atoms with Crippen LogP contribution in [-0.2, 0) is 17.9 Å². The summed E-state index contributed by atoms with van der Waals surface area (Å²) in [5.41, 5.74) is 1.76. The van der Waals surface area contributed by atoms with E-state index in [4.69, 9.17) is 0 Å². The van der Waals surface area contributed by atoms with Crippen LogP contribution in [0.3, 0.4) is 0 Å². The summed E-state index contributed by atoms with van der Waals surface area (Å²) in [6.07, 6.45) is -4.28. The van der Waals surface area contributed by atoms with Gasteiger partial charge in [-0.3, -0.25) is 0 Å². The number of hydrogen-bond acceptors (Lipinski definition) is 2. The van der Waals surface area contributed by atoms with Crippen LogP contribution >= 0.6 is 15.9 Å². The predicted molar refractivity (Wildman–Crippen MR) is 62.6 cm³/mol. The zero-order valence-electron chi connectivity index (χ0n) is 9.27. The molecule has 1 N–H and O–H groups in total. The number of rotatable bonds is 5. The van der Waals surface area contributed by atoms with Crippen LogP contribution in [0, 0.1) is 0 Å². The lowest BCUT2D eigenvalue weighted by atomic mass is 10.1. The molecule has 1 aromatic rings. The van der Waals surface area contributed by atoms with E-state index in [1.165, 1.54) is 0 Å².